The number of nitrogens with zero attached hydrogens (tertiary/aromatic N) is 2. The number of carbonyl (C=O) groups excluding carboxylic acids is 1. The molecule has 106 valence electrons. The molecule has 1 unspecified atom stereocenters. The molecule has 0 radical (unpaired) electrons. The highest BCUT2D eigenvalue weighted by molar-refractivity contribution is 7.91. The summed E-state index contributed by atoms with van der Waals surface area (Å²) in [5, 5.41) is 7.05. The maximum atomic E-state index is 12.0. The van der Waals surface area contributed by atoms with Gasteiger partial charge in [-0.3, -0.25) is 9.48 Å². The summed E-state index contributed by atoms with van der Waals surface area (Å²) < 4.78 is 24.4. The average Bonchev–Trinajstić information content (AvgIpc) is 2.74. The van der Waals surface area contributed by atoms with Crippen molar-refractivity contribution in [2.75, 3.05) is 11.5 Å². The summed E-state index contributed by atoms with van der Waals surface area (Å²) in [6, 6.07) is -0.241. The highest BCUT2D eigenvalue weighted by atomic mass is 32.2. The van der Waals surface area contributed by atoms with Crippen LogP contribution in [0.5, 0.6) is 0 Å². The number of rotatable bonds is 3. The molecule has 2 rings (SSSR count). The molecule has 1 fully saturated rings. The first-order chi connectivity index (χ1) is 8.78. The van der Waals surface area contributed by atoms with Gasteiger partial charge in [-0.05, 0) is 20.3 Å². The molecule has 0 aromatic carbocycles. The predicted octanol–water partition coefficient (Wildman–Crippen LogP) is -0.117. The summed E-state index contributed by atoms with van der Waals surface area (Å²) in [5.41, 5.74) is 2.72. The molecule has 1 aliphatic rings. The van der Waals surface area contributed by atoms with Crippen LogP contribution < -0.4 is 5.32 Å². The van der Waals surface area contributed by atoms with Gasteiger partial charge in [-0.25, -0.2) is 8.42 Å². The first-order valence-electron chi connectivity index (χ1n) is 6.27. The molecule has 0 saturated carbocycles. The molecular formula is C12H19N3O3S. The number of sulfone groups is 1. The van der Waals surface area contributed by atoms with Gasteiger partial charge in [0.05, 0.1) is 23.6 Å². The van der Waals surface area contributed by atoms with Crippen molar-refractivity contribution in [2.24, 2.45) is 7.05 Å². The standard InChI is InChI=1S/C12H19N3O3S/c1-8-11(9(2)15(3)14-8)6-12(16)13-10-4-5-19(17,18)7-10/h10H,4-7H2,1-3H3,(H,13,16). The molecule has 0 bridgehead atoms. The van der Waals surface area contributed by atoms with Gasteiger partial charge in [-0.2, -0.15) is 5.10 Å². The van der Waals surface area contributed by atoms with Gasteiger partial charge in [-0.1, -0.05) is 0 Å². The largest absolute Gasteiger partial charge is 0.352 e. The van der Waals surface area contributed by atoms with E-state index < -0.39 is 9.84 Å². The fourth-order valence-corrected chi connectivity index (χ4v) is 4.09. The minimum absolute atomic E-state index is 0.0593. The molecule has 1 amide bonds. The number of amides is 1. The van der Waals surface area contributed by atoms with Crippen molar-refractivity contribution in [3.8, 4) is 0 Å². The predicted molar refractivity (Wildman–Crippen MR) is 71.6 cm³/mol. The van der Waals surface area contributed by atoms with E-state index >= 15 is 0 Å². The van der Waals surface area contributed by atoms with Crippen LogP contribution >= 0.6 is 0 Å². The van der Waals surface area contributed by atoms with Crippen LogP contribution in [0.15, 0.2) is 0 Å². The number of nitrogens with one attached hydrogen (secondary N) is 1. The second kappa shape index (κ2) is 4.96. The Labute approximate surface area is 113 Å². The molecule has 19 heavy (non-hydrogen) atoms. The van der Waals surface area contributed by atoms with Crippen molar-refractivity contribution in [3.63, 3.8) is 0 Å². The van der Waals surface area contributed by atoms with Crippen LogP contribution in [0.1, 0.15) is 23.4 Å². The Bertz CT molecular complexity index is 604. The molecule has 1 aromatic rings. The van der Waals surface area contributed by atoms with E-state index in [4.69, 9.17) is 0 Å². The van der Waals surface area contributed by atoms with Crippen LogP contribution in [-0.2, 0) is 28.1 Å². The average molecular weight is 285 g/mol. The minimum atomic E-state index is -2.96. The Balaban J connectivity index is 1.99. The molecule has 1 N–H and O–H groups in total. The third-order valence-corrected chi connectivity index (χ3v) is 5.36. The van der Waals surface area contributed by atoms with Gasteiger partial charge in [0.15, 0.2) is 9.84 Å². The maximum Gasteiger partial charge on any atom is 0.224 e. The molecule has 1 aromatic heterocycles. The lowest BCUT2D eigenvalue weighted by molar-refractivity contribution is -0.121. The van der Waals surface area contributed by atoms with E-state index in [-0.39, 0.29) is 29.9 Å². The number of aromatic nitrogens is 2. The summed E-state index contributed by atoms with van der Waals surface area (Å²) in [4.78, 5) is 12.0. The molecule has 0 spiro atoms. The van der Waals surface area contributed by atoms with Crippen LogP contribution in [0.2, 0.25) is 0 Å². The highest BCUT2D eigenvalue weighted by Gasteiger charge is 2.29. The summed E-state index contributed by atoms with van der Waals surface area (Å²) in [7, 11) is -1.12. The summed E-state index contributed by atoms with van der Waals surface area (Å²) >= 11 is 0. The second-order valence-corrected chi connectivity index (χ2v) is 7.35. The summed E-state index contributed by atoms with van der Waals surface area (Å²) in [6.45, 7) is 3.79. The van der Waals surface area contributed by atoms with Crippen LogP contribution in [0.3, 0.4) is 0 Å². The topological polar surface area (TPSA) is 81.1 Å². The quantitative estimate of drug-likeness (QED) is 0.839. The van der Waals surface area contributed by atoms with Crippen molar-refractivity contribution >= 4 is 15.7 Å². The highest BCUT2D eigenvalue weighted by Crippen LogP contribution is 2.14. The first kappa shape index (κ1) is 14.0. The van der Waals surface area contributed by atoms with Crippen LogP contribution in [0.4, 0.5) is 0 Å². The SMILES string of the molecule is Cc1nn(C)c(C)c1CC(=O)NC1CCS(=O)(=O)C1. The van der Waals surface area contributed by atoms with Crippen molar-refractivity contribution in [1.82, 2.24) is 15.1 Å². The Kier molecular flexibility index (Phi) is 3.66. The number of carbonyl (C=O) groups is 1. The van der Waals surface area contributed by atoms with Crippen molar-refractivity contribution < 1.29 is 13.2 Å². The van der Waals surface area contributed by atoms with Gasteiger partial charge in [0.2, 0.25) is 5.91 Å². The maximum absolute atomic E-state index is 12.0. The first-order valence-corrected chi connectivity index (χ1v) is 8.09. The van der Waals surface area contributed by atoms with Crippen molar-refractivity contribution in [2.45, 2.75) is 32.7 Å². The fraction of sp³-hybridized carbons (Fsp3) is 0.667. The molecule has 7 heteroatoms. The lowest BCUT2D eigenvalue weighted by Crippen LogP contribution is -2.36. The van der Waals surface area contributed by atoms with Gasteiger partial charge in [-0.15, -0.1) is 0 Å². The Morgan fingerprint density at radius 1 is 1.47 bits per heavy atom. The van der Waals surface area contributed by atoms with E-state index in [0.29, 0.717) is 6.42 Å². The Morgan fingerprint density at radius 3 is 2.63 bits per heavy atom. The molecule has 6 nitrogen and oxygen atoms in total. The third kappa shape index (κ3) is 3.15. The zero-order valence-corrected chi connectivity index (χ0v) is 12.2. The number of aryl methyl sites for hydroxylation is 2. The van der Waals surface area contributed by atoms with Gasteiger partial charge in [0.25, 0.3) is 0 Å². The zero-order valence-electron chi connectivity index (χ0n) is 11.4. The number of hydrogen-bond donors (Lipinski definition) is 1. The fourth-order valence-electron chi connectivity index (χ4n) is 2.42. The molecule has 2 heterocycles. The Morgan fingerprint density at radius 2 is 2.16 bits per heavy atom. The third-order valence-electron chi connectivity index (χ3n) is 3.59. The zero-order chi connectivity index (χ0) is 14.2. The normalized spacial score (nSPS) is 21.5. The van der Waals surface area contributed by atoms with Crippen LogP contribution in [0, 0.1) is 13.8 Å². The monoisotopic (exact) mass is 285 g/mol. The second-order valence-electron chi connectivity index (χ2n) is 5.12. The van der Waals surface area contributed by atoms with E-state index in [0.717, 1.165) is 17.0 Å². The van der Waals surface area contributed by atoms with Gasteiger partial charge >= 0.3 is 0 Å². The summed E-state index contributed by atoms with van der Waals surface area (Å²) in [5.74, 6) is 0.0911. The molecule has 0 aliphatic carbocycles. The van der Waals surface area contributed by atoms with Gasteiger partial charge < -0.3 is 5.32 Å². The van der Waals surface area contributed by atoms with Crippen LogP contribution in [0.25, 0.3) is 0 Å². The van der Waals surface area contributed by atoms with E-state index in [2.05, 4.69) is 10.4 Å². The summed E-state index contributed by atoms with van der Waals surface area (Å²) in [6.07, 6.45) is 0.765. The van der Waals surface area contributed by atoms with Gasteiger partial charge in [0.1, 0.15) is 0 Å². The molecule has 1 aliphatic heterocycles. The van der Waals surface area contributed by atoms with E-state index in [1.54, 1.807) is 4.68 Å². The van der Waals surface area contributed by atoms with E-state index in [1.807, 2.05) is 20.9 Å². The van der Waals surface area contributed by atoms with Gasteiger partial charge in [0, 0.05) is 24.3 Å². The minimum Gasteiger partial charge on any atom is -0.352 e. The lowest BCUT2D eigenvalue weighted by atomic mass is 10.1. The van der Waals surface area contributed by atoms with Crippen molar-refractivity contribution in [1.29, 1.82) is 0 Å². The van der Waals surface area contributed by atoms with Crippen molar-refractivity contribution in [3.05, 3.63) is 17.0 Å². The van der Waals surface area contributed by atoms with E-state index in [1.165, 1.54) is 0 Å². The smallest absolute Gasteiger partial charge is 0.224 e. The number of hydrogen-bond acceptors (Lipinski definition) is 4. The molecular weight excluding hydrogens is 266 g/mol. The lowest BCUT2D eigenvalue weighted by Gasteiger charge is -2.10. The Hall–Kier alpha value is -1.37. The van der Waals surface area contributed by atoms with Crippen LogP contribution in [-0.4, -0.2) is 41.7 Å². The van der Waals surface area contributed by atoms with E-state index in [9.17, 15) is 13.2 Å². The molecule has 1 saturated heterocycles. The molecule has 1 atom stereocenters.